The molecule has 0 spiro atoms. The first-order chi connectivity index (χ1) is 9.58. The summed E-state index contributed by atoms with van der Waals surface area (Å²) < 4.78 is 5.03. The Morgan fingerprint density at radius 2 is 2.15 bits per heavy atom. The van der Waals surface area contributed by atoms with Crippen molar-refractivity contribution in [2.75, 3.05) is 7.11 Å². The van der Waals surface area contributed by atoms with E-state index in [0.717, 1.165) is 24.8 Å². The molecule has 0 aromatic heterocycles. The second-order valence-corrected chi connectivity index (χ2v) is 4.58. The molecule has 1 amide bonds. The van der Waals surface area contributed by atoms with E-state index in [4.69, 9.17) is 4.74 Å². The number of hydrogen-bond acceptors (Lipinski definition) is 4. The molecule has 0 aliphatic rings. The van der Waals surface area contributed by atoms with Gasteiger partial charge in [0, 0.05) is 12.0 Å². The average Bonchev–Trinajstić information content (AvgIpc) is 2.45. The van der Waals surface area contributed by atoms with E-state index in [1.54, 1.807) is 19.1 Å². The third-order valence-electron chi connectivity index (χ3n) is 2.95. The number of aromatic hydroxyl groups is 1. The molecule has 0 atom stereocenters. The summed E-state index contributed by atoms with van der Waals surface area (Å²) in [5.41, 5.74) is 3.98. The SMILES string of the molecule is CCCCCC(=O)N/N=C(/C)c1ccc(O)c(OC)c1. The Balaban J connectivity index is 2.62. The van der Waals surface area contributed by atoms with Gasteiger partial charge in [-0.25, -0.2) is 5.43 Å². The van der Waals surface area contributed by atoms with Crippen LogP contribution in [0.1, 0.15) is 45.1 Å². The highest BCUT2D eigenvalue weighted by Crippen LogP contribution is 2.26. The normalized spacial score (nSPS) is 11.2. The highest BCUT2D eigenvalue weighted by Gasteiger charge is 2.05. The van der Waals surface area contributed by atoms with Gasteiger partial charge in [0.05, 0.1) is 12.8 Å². The standard InChI is InChI=1S/C15H22N2O3/c1-4-5-6-7-15(19)17-16-11(2)12-8-9-13(18)14(10-12)20-3/h8-10,18H,4-7H2,1-3H3,(H,17,19)/b16-11-. The molecule has 20 heavy (non-hydrogen) atoms. The predicted molar refractivity (Wildman–Crippen MR) is 79.2 cm³/mol. The van der Waals surface area contributed by atoms with Gasteiger partial charge in [0.1, 0.15) is 0 Å². The van der Waals surface area contributed by atoms with Gasteiger partial charge >= 0.3 is 0 Å². The minimum Gasteiger partial charge on any atom is -0.504 e. The van der Waals surface area contributed by atoms with Crippen molar-refractivity contribution in [1.29, 1.82) is 0 Å². The zero-order valence-electron chi connectivity index (χ0n) is 12.3. The first-order valence-corrected chi connectivity index (χ1v) is 6.79. The first kappa shape index (κ1) is 16.0. The van der Waals surface area contributed by atoms with E-state index in [9.17, 15) is 9.90 Å². The molecule has 0 saturated carbocycles. The molecule has 1 rings (SSSR count). The van der Waals surface area contributed by atoms with Crippen molar-refractivity contribution in [1.82, 2.24) is 5.43 Å². The summed E-state index contributed by atoms with van der Waals surface area (Å²) in [4.78, 5) is 11.5. The van der Waals surface area contributed by atoms with Crippen molar-refractivity contribution in [3.63, 3.8) is 0 Å². The average molecular weight is 278 g/mol. The monoisotopic (exact) mass is 278 g/mol. The highest BCUT2D eigenvalue weighted by atomic mass is 16.5. The number of rotatable bonds is 7. The Morgan fingerprint density at radius 1 is 1.40 bits per heavy atom. The van der Waals surface area contributed by atoms with Crippen LogP contribution >= 0.6 is 0 Å². The maximum Gasteiger partial charge on any atom is 0.240 e. The van der Waals surface area contributed by atoms with Gasteiger partial charge in [-0.05, 0) is 31.5 Å². The van der Waals surface area contributed by atoms with Crippen LogP contribution in [-0.2, 0) is 4.79 Å². The van der Waals surface area contributed by atoms with Crippen molar-refractivity contribution in [3.8, 4) is 11.5 Å². The number of methoxy groups -OCH3 is 1. The van der Waals surface area contributed by atoms with Gasteiger partial charge in [-0.2, -0.15) is 5.10 Å². The summed E-state index contributed by atoms with van der Waals surface area (Å²) in [6.45, 7) is 3.89. The number of unbranched alkanes of at least 4 members (excludes halogenated alkanes) is 2. The minimum absolute atomic E-state index is 0.0765. The van der Waals surface area contributed by atoms with Crippen molar-refractivity contribution in [2.45, 2.75) is 39.5 Å². The van der Waals surface area contributed by atoms with E-state index in [-0.39, 0.29) is 11.7 Å². The quantitative estimate of drug-likeness (QED) is 0.457. The first-order valence-electron chi connectivity index (χ1n) is 6.79. The molecule has 2 N–H and O–H groups in total. The lowest BCUT2D eigenvalue weighted by molar-refractivity contribution is -0.121. The number of amides is 1. The molecule has 0 radical (unpaired) electrons. The number of carbonyl (C=O) groups excluding carboxylic acids is 1. The Labute approximate surface area is 119 Å². The van der Waals surface area contributed by atoms with Crippen LogP contribution in [-0.4, -0.2) is 23.8 Å². The third kappa shape index (κ3) is 4.91. The fraction of sp³-hybridized carbons (Fsp3) is 0.467. The summed E-state index contributed by atoms with van der Waals surface area (Å²) in [6, 6.07) is 4.94. The van der Waals surface area contributed by atoms with Gasteiger partial charge < -0.3 is 9.84 Å². The molecule has 0 aliphatic heterocycles. The largest absolute Gasteiger partial charge is 0.504 e. The summed E-state index contributed by atoms with van der Waals surface area (Å²) >= 11 is 0. The molecule has 5 heteroatoms. The van der Waals surface area contributed by atoms with Crippen LogP contribution in [0, 0.1) is 0 Å². The van der Waals surface area contributed by atoms with Gasteiger partial charge in [0.25, 0.3) is 0 Å². The van der Waals surface area contributed by atoms with Crippen molar-refractivity contribution < 1.29 is 14.6 Å². The number of carbonyl (C=O) groups is 1. The molecule has 0 saturated heterocycles. The lowest BCUT2D eigenvalue weighted by Gasteiger charge is -2.07. The number of phenols is 1. The number of phenolic OH excluding ortho intramolecular Hbond substituents is 1. The van der Waals surface area contributed by atoms with Crippen LogP contribution in [0.25, 0.3) is 0 Å². The molecule has 1 aromatic rings. The van der Waals surface area contributed by atoms with Gasteiger partial charge in [-0.1, -0.05) is 19.8 Å². The van der Waals surface area contributed by atoms with E-state index >= 15 is 0 Å². The van der Waals surface area contributed by atoms with Crippen molar-refractivity contribution in [3.05, 3.63) is 23.8 Å². The second-order valence-electron chi connectivity index (χ2n) is 4.58. The number of hydrazone groups is 1. The van der Waals surface area contributed by atoms with E-state index < -0.39 is 0 Å². The molecule has 0 bridgehead atoms. The number of hydrogen-bond donors (Lipinski definition) is 2. The van der Waals surface area contributed by atoms with Gasteiger partial charge in [0.15, 0.2) is 11.5 Å². The highest BCUT2D eigenvalue weighted by molar-refractivity contribution is 5.99. The predicted octanol–water partition coefficient (Wildman–Crippen LogP) is 2.82. The Morgan fingerprint density at radius 3 is 2.80 bits per heavy atom. The minimum atomic E-state index is -0.0801. The number of nitrogens with one attached hydrogen (secondary N) is 1. The van der Waals surface area contributed by atoms with Crippen molar-refractivity contribution >= 4 is 11.6 Å². The van der Waals surface area contributed by atoms with E-state index in [2.05, 4.69) is 17.5 Å². The fourth-order valence-corrected chi connectivity index (χ4v) is 1.70. The molecule has 0 aliphatic carbocycles. The summed E-state index contributed by atoms with van der Waals surface area (Å²) in [5.74, 6) is 0.377. The summed E-state index contributed by atoms with van der Waals surface area (Å²) in [5, 5.41) is 13.6. The van der Waals surface area contributed by atoms with E-state index in [0.29, 0.717) is 17.9 Å². The lowest BCUT2D eigenvalue weighted by Crippen LogP contribution is -2.18. The second kappa shape index (κ2) is 8.19. The van der Waals surface area contributed by atoms with Gasteiger partial charge in [-0.15, -0.1) is 0 Å². The molecule has 1 aromatic carbocycles. The van der Waals surface area contributed by atoms with Crippen LogP contribution in [0.5, 0.6) is 11.5 Å². The smallest absolute Gasteiger partial charge is 0.240 e. The zero-order valence-corrected chi connectivity index (χ0v) is 12.3. The van der Waals surface area contributed by atoms with E-state index in [1.807, 2.05) is 0 Å². The van der Waals surface area contributed by atoms with Crippen LogP contribution < -0.4 is 10.2 Å². The number of benzene rings is 1. The summed E-state index contributed by atoms with van der Waals surface area (Å²) in [6.07, 6.45) is 3.50. The molecular formula is C15H22N2O3. The van der Waals surface area contributed by atoms with Gasteiger partial charge in [-0.3, -0.25) is 4.79 Å². The Bertz CT molecular complexity index is 484. The number of nitrogens with zero attached hydrogens (tertiary/aromatic N) is 1. The lowest BCUT2D eigenvalue weighted by atomic mass is 10.1. The molecular weight excluding hydrogens is 256 g/mol. The van der Waals surface area contributed by atoms with E-state index in [1.165, 1.54) is 13.2 Å². The zero-order chi connectivity index (χ0) is 15.0. The molecule has 110 valence electrons. The fourth-order valence-electron chi connectivity index (χ4n) is 1.70. The van der Waals surface area contributed by atoms with Gasteiger partial charge in [0.2, 0.25) is 5.91 Å². The topological polar surface area (TPSA) is 70.9 Å². The molecule has 5 nitrogen and oxygen atoms in total. The van der Waals surface area contributed by atoms with Crippen LogP contribution in [0.4, 0.5) is 0 Å². The summed E-state index contributed by atoms with van der Waals surface area (Å²) in [7, 11) is 1.49. The number of ether oxygens (including phenoxy) is 1. The maximum atomic E-state index is 11.5. The molecule has 0 unspecified atom stereocenters. The molecule has 0 fully saturated rings. The third-order valence-corrected chi connectivity index (χ3v) is 2.95. The van der Waals surface area contributed by atoms with Crippen molar-refractivity contribution in [2.24, 2.45) is 5.10 Å². The Hall–Kier alpha value is -2.04. The van der Waals surface area contributed by atoms with Crippen LogP contribution in [0.15, 0.2) is 23.3 Å². The van der Waals surface area contributed by atoms with Crippen LogP contribution in [0.2, 0.25) is 0 Å². The molecule has 0 heterocycles. The maximum absolute atomic E-state index is 11.5. The Kier molecular flexibility index (Phi) is 6.56. The van der Waals surface area contributed by atoms with Crippen LogP contribution in [0.3, 0.4) is 0 Å².